The topological polar surface area (TPSA) is 60.0 Å². The molecule has 0 aliphatic carbocycles. The van der Waals surface area contributed by atoms with E-state index in [-0.39, 0.29) is 0 Å². The van der Waals surface area contributed by atoms with E-state index >= 15 is 0 Å². The fourth-order valence-electron chi connectivity index (χ4n) is 2.32. The number of benzene rings is 2. The molecule has 24 heavy (non-hydrogen) atoms. The Balaban J connectivity index is 1.91. The maximum absolute atomic E-state index is 5.66. The van der Waals surface area contributed by atoms with Gasteiger partial charge in [0.15, 0.2) is 23.1 Å². The summed E-state index contributed by atoms with van der Waals surface area (Å²) in [5, 5.41) is 7.32. The van der Waals surface area contributed by atoms with Crippen LogP contribution < -0.4 is 9.47 Å². The zero-order valence-electron chi connectivity index (χ0n) is 13.5. The lowest BCUT2D eigenvalue weighted by molar-refractivity contribution is 0.288. The molecule has 0 aliphatic heterocycles. The zero-order chi connectivity index (χ0) is 16.9. The normalized spacial score (nSPS) is 10.6. The quantitative estimate of drug-likeness (QED) is 0.578. The summed E-state index contributed by atoms with van der Waals surface area (Å²) in [5.74, 6) is 2.81. The molecule has 0 radical (unpaired) electrons. The van der Waals surface area contributed by atoms with Crippen LogP contribution in [0.15, 0.2) is 42.5 Å². The third-order valence-corrected chi connectivity index (χ3v) is 4.12. The van der Waals surface area contributed by atoms with Crippen LogP contribution in [0, 0.1) is 3.57 Å². The number of rotatable bonds is 6. The van der Waals surface area contributed by atoms with E-state index in [2.05, 4.69) is 37.8 Å². The van der Waals surface area contributed by atoms with Gasteiger partial charge >= 0.3 is 0 Å². The first-order valence-corrected chi connectivity index (χ1v) is 8.87. The number of hydrogen-bond donors (Lipinski definition) is 1. The summed E-state index contributed by atoms with van der Waals surface area (Å²) < 4.78 is 12.4. The molecule has 1 heterocycles. The molecule has 2 aromatic carbocycles. The van der Waals surface area contributed by atoms with Crippen LogP contribution in [-0.4, -0.2) is 28.4 Å². The second-order valence-electron chi connectivity index (χ2n) is 5.04. The molecule has 6 heteroatoms. The van der Waals surface area contributed by atoms with E-state index in [0.717, 1.165) is 22.7 Å². The Hall–Kier alpha value is -2.09. The van der Waals surface area contributed by atoms with E-state index < -0.39 is 0 Å². The zero-order valence-corrected chi connectivity index (χ0v) is 15.7. The molecule has 5 nitrogen and oxygen atoms in total. The molecule has 0 fully saturated rings. The van der Waals surface area contributed by atoms with Gasteiger partial charge in [0.05, 0.1) is 13.2 Å². The predicted octanol–water partition coefficient (Wildman–Crippen LogP) is 4.54. The van der Waals surface area contributed by atoms with Crippen LogP contribution in [0.3, 0.4) is 0 Å². The van der Waals surface area contributed by atoms with E-state index in [1.807, 2.05) is 56.3 Å². The van der Waals surface area contributed by atoms with Crippen LogP contribution in [0.2, 0.25) is 0 Å². The van der Waals surface area contributed by atoms with Crippen molar-refractivity contribution >= 4 is 22.6 Å². The Bertz CT molecular complexity index is 815. The first-order valence-electron chi connectivity index (χ1n) is 7.79. The number of aromatic amines is 1. The van der Waals surface area contributed by atoms with Gasteiger partial charge in [-0.3, -0.25) is 5.10 Å². The summed E-state index contributed by atoms with van der Waals surface area (Å²) in [4.78, 5) is 4.59. The lowest BCUT2D eigenvalue weighted by atomic mass is 10.2. The van der Waals surface area contributed by atoms with E-state index in [1.54, 1.807) is 0 Å². The highest BCUT2D eigenvalue weighted by molar-refractivity contribution is 14.1. The van der Waals surface area contributed by atoms with Crippen molar-refractivity contribution in [1.29, 1.82) is 0 Å². The molecule has 0 saturated carbocycles. The van der Waals surface area contributed by atoms with Crippen LogP contribution in [0.25, 0.3) is 22.8 Å². The standard InChI is InChI=1S/C18H18IN3O2/c1-3-23-15-10-7-13(11-16(15)24-4-2)18-20-17(21-22-18)12-5-8-14(19)9-6-12/h5-11H,3-4H2,1-2H3,(H,20,21,22). The average Bonchev–Trinajstić information content (AvgIpc) is 3.07. The van der Waals surface area contributed by atoms with Crippen molar-refractivity contribution in [3.63, 3.8) is 0 Å². The van der Waals surface area contributed by atoms with Gasteiger partial charge in [0, 0.05) is 14.7 Å². The minimum atomic E-state index is 0.575. The number of H-pyrrole nitrogens is 1. The number of nitrogens with zero attached hydrogens (tertiary/aromatic N) is 2. The highest BCUT2D eigenvalue weighted by Crippen LogP contribution is 2.32. The van der Waals surface area contributed by atoms with Crippen LogP contribution in [0.4, 0.5) is 0 Å². The smallest absolute Gasteiger partial charge is 0.181 e. The van der Waals surface area contributed by atoms with Crippen molar-refractivity contribution in [3.05, 3.63) is 46.0 Å². The van der Waals surface area contributed by atoms with E-state index in [0.29, 0.717) is 24.8 Å². The highest BCUT2D eigenvalue weighted by Gasteiger charge is 2.12. The molecule has 0 amide bonds. The van der Waals surface area contributed by atoms with Crippen LogP contribution in [0.1, 0.15) is 13.8 Å². The predicted molar refractivity (Wildman–Crippen MR) is 102 cm³/mol. The maximum Gasteiger partial charge on any atom is 0.181 e. The van der Waals surface area contributed by atoms with Crippen LogP contribution in [-0.2, 0) is 0 Å². The fourth-order valence-corrected chi connectivity index (χ4v) is 2.68. The number of ether oxygens (including phenoxy) is 2. The molecule has 0 saturated heterocycles. The highest BCUT2D eigenvalue weighted by atomic mass is 127. The van der Waals surface area contributed by atoms with Crippen molar-refractivity contribution in [3.8, 4) is 34.3 Å². The maximum atomic E-state index is 5.66. The second-order valence-corrected chi connectivity index (χ2v) is 6.29. The van der Waals surface area contributed by atoms with Gasteiger partial charge in [-0.15, -0.1) is 0 Å². The molecule has 0 unspecified atom stereocenters. The molecule has 1 N–H and O–H groups in total. The Morgan fingerprint density at radius 3 is 2.29 bits per heavy atom. The van der Waals surface area contributed by atoms with Gasteiger partial charge in [-0.2, -0.15) is 5.10 Å². The lowest BCUT2D eigenvalue weighted by Gasteiger charge is -2.11. The summed E-state index contributed by atoms with van der Waals surface area (Å²) in [6, 6.07) is 13.9. The SMILES string of the molecule is CCOc1ccc(-c2n[nH]c(-c3ccc(I)cc3)n2)cc1OCC. The largest absolute Gasteiger partial charge is 0.490 e. The van der Waals surface area contributed by atoms with Crippen LogP contribution in [0.5, 0.6) is 11.5 Å². The fraction of sp³-hybridized carbons (Fsp3) is 0.222. The summed E-state index contributed by atoms with van der Waals surface area (Å²) in [5.41, 5.74) is 1.89. The number of hydrogen-bond acceptors (Lipinski definition) is 4. The summed E-state index contributed by atoms with van der Waals surface area (Å²) in [6.07, 6.45) is 0. The monoisotopic (exact) mass is 435 g/mol. The van der Waals surface area contributed by atoms with Crippen molar-refractivity contribution in [2.75, 3.05) is 13.2 Å². The van der Waals surface area contributed by atoms with Gasteiger partial charge in [0.2, 0.25) is 0 Å². The minimum absolute atomic E-state index is 0.575. The van der Waals surface area contributed by atoms with Crippen LogP contribution >= 0.6 is 22.6 Å². The third-order valence-electron chi connectivity index (χ3n) is 3.40. The van der Waals surface area contributed by atoms with Gasteiger partial charge in [-0.25, -0.2) is 4.98 Å². The van der Waals surface area contributed by atoms with E-state index in [1.165, 1.54) is 3.57 Å². The van der Waals surface area contributed by atoms with Crippen molar-refractivity contribution in [1.82, 2.24) is 15.2 Å². The molecule has 3 aromatic rings. The first-order chi connectivity index (χ1) is 11.7. The Kier molecular flexibility index (Phi) is 5.34. The van der Waals surface area contributed by atoms with Crippen molar-refractivity contribution in [2.24, 2.45) is 0 Å². The summed E-state index contributed by atoms with van der Waals surface area (Å²) in [7, 11) is 0. The minimum Gasteiger partial charge on any atom is -0.490 e. The Morgan fingerprint density at radius 1 is 0.917 bits per heavy atom. The van der Waals surface area contributed by atoms with Gasteiger partial charge in [0.25, 0.3) is 0 Å². The molecular formula is C18H18IN3O2. The van der Waals surface area contributed by atoms with E-state index in [4.69, 9.17) is 9.47 Å². The Morgan fingerprint density at radius 2 is 1.58 bits per heavy atom. The molecule has 124 valence electrons. The third kappa shape index (κ3) is 3.69. The summed E-state index contributed by atoms with van der Waals surface area (Å²) in [6.45, 7) is 5.07. The molecule has 1 aromatic heterocycles. The average molecular weight is 435 g/mol. The molecule has 0 aliphatic rings. The summed E-state index contributed by atoms with van der Waals surface area (Å²) >= 11 is 2.28. The van der Waals surface area contributed by atoms with Gasteiger partial charge < -0.3 is 9.47 Å². The molecule has 0 bridgehead atoms. The number of aromatic nitrogens is 3. The molecular weight excluding hydrogens is 417 g/mol. The molecule has 3 rings (SSSR count). The van der Waals surface area contributed by atoms with E-state index in [9.17, 15) is 0 Å². The lowest BCUT2D eigenvalue weighted by Crippen LogP contribution is -1.98. The Labute approximate surface area is 154 Å². The number of halogens is 1. The van der Waals surface area contributed by atoms with Gasteiger partial charge in [-0.05, 0) is 66.8 Å². The number of nitrogens with one attached hydrogen (secondary N) is 1. The molecule has 0 atom stereocenters. The van der Waals surface area contributed by atoms with Crippen molar-refractivity contribution < 1.29 is 9.47 Å². The molecule has 0 spiro atoms. The van der Waals surface area contributed by atoms with Gasteiger partial charge in [-0.1, -0.05) is 12.1 Å². The second kappa shape index (κ2) is 7.65. The first kappa shape index (κ1) is 16.8. The van der Waals surface area contributed by atoms with Gasteiger partial charge in [0.1, 0.15) is 0 Å². The van der Waals surface area contributed by atoms with Crippen molar-refractivity contribution in [2.45, 2.75) is 13.8 Å².